The van der Waals surface area contributed by atoms with E-state index in [9.17, 15) is 9.59 Å². The predicted octanol–water partition coefficient (Wildman–Crippen LogP) is 5.71. The average molecular weight is 670 g/mol. The van der Waals surface area contributed by atoms with Crippen molar-refractivity contribution >= 4 is 46.6 Å². The van der Waals surface area contributed by atoms with Crippen LogP contribution in [0.4, 0.5) is 0 Å². The van der Waals surface area contributed by atoms with E-state index in [2.05, 4.69) is 4.99 Å². The van der Waals surface area contributed by atoms with E-state index in [1.807, 2.05) is 19.9 Å². The van der Waals surface area contributed by atoms with Crippen LogP contribution in [0.2, 0.25) is 10.0 Å². The van der Waals surface area contributed by atoms with E-state index in [1.54, 1.807) is 54.6 Å². The fourth-order valence-electron chi connectivity index (χ4n) is 4.88. The summed E-state index contributed by atoms with van der Waals surface area (Å²) in [5.74, 6) is 1.36. The molecule has 0 amide bonds. The summed E-state index contributed by atoms with van der Waals surface area (Å²) in [5, 5.41) is 0.987. The molecule has 4 aromatic rings. The van der Waals surface area contributed by atoms with Crippen molar-refractivity contribution in [2.24, 2.45) is 4.99 Å². The largest absolute Gasteiger partial charge is 0.493 e. The highest BCUT2D eigenvalue weighted by molar-refractivity contribution is 7.07. The highest BCUT2D eigenvalue weighted by atomic mass is 35.5. The zero-order valence-electron chi connectivity index (χ0n) is 25.0. The lowest BCUT2D eigenvalue weighted by molar-refractivity contribution is -0.136. The van der Waals surface area contributed by atoms with Gasteiger partial charge in [-0.25, -0.2) is 9.79 Å². The number of methoxy groups -OCH3 is 2. The number of benzene rings is 3. The molecule has 3 aromatic carbocycles. The summed E-state index contributed by atoms with van der Waals surface area (Å²) < 4.78 is 30.3. The van der Waals surface area contributed by atoms with Gasteiger partial charge in [-0.05, 0) is 55.8 Å². The molecule has 0 unspecified atom stereocenters. The molecule has 0 bridgehead atoms. The van der Waals surface area contributed by atoms with Crippen molar-refractivity contribution < 1.29 is 28.5 Å². The topological polar surface area (TPSA) is 97.6 Å². The van der Waals surface area contributed by atoms with Crippen molar-refractivity contribution in [2.45, 2.75) is 26.5 Å². The van der Waals surface area contributed by atoms with Crippen molar-refractivity contribution in [2.75, 3.05) is 27.4 Å². The van der Waals surface area contributed by atoms with E-state index in [4.69, 9.17) is 46.9 Å². The molecule has 45 heavy (non-hydrogen) atoms. The van der Waals surface area contributed by atoms with Crippen LogP contribution in [-0.4, -0.2) is 38.0 Å². The fourth-order valence-corrected chi connectivity index (χ4v) is 6.30. The lowest BCUT2D eigenvalue weighted by atomic mass is 9.97. The Balaban J connectivity index is 1.62. The first kappa shape index (κ1) is 32.2. The summed E-state index contributed by atoms with van der Waals surface area (Å²) in [6.45, 7) is 4.74. The van der Waals surface area contributed by atoms with Crippen LogP contribution in [0.3, 0.4) is 0 Å². The molecule has 0 radical (unpaired) electrons. The Morgan fingerprint density at radius 1 is 0.978 bits per heavy atom. The van der Waals surface area contributed by atoms with Gasteiger partial charge >= 0.3 is 5.97 Å². The van der Waals surface area contributed by atoms with Crippen molar-refractivity contribution in [3.05, 3.63) is 113 Å². The summed E-state index contributed by atoms with van der Waals surface area (Å²) in [5.41, 5.74) is 1.82. The van der Waals surface area contributed by atoms with Crippen molar-refractivity contribution in [1.29, 1.82) is 0 Å². The molecule has 0 fully saturated rings. The summed E-state index contributed by atoms with van der Waals surface area (Å²) in [4.78, 5) is 31.9. The molecule has 1 aliphatic rings. The second-order valence-corrected chi connectivity index (χ2v) is 11.5. The van der Waals surface area contributed by atoms with Crippen LogP contribution in [-0.2, 0) is 16.1 Å². The van der Waals surface area contributed by atoms with Gasteiger partial charge in [0.1, 0.15) is 6.61 Å². The van der Waals surface area contributed by atoms with E-state index in [0.717, 1.165) is 5.56 Å². The molecule has 0 spiro atoms. The Morgan fingerprint density at radius 2 is 1.76 bits per heavy atom. The third-order valence-corrected chi connectivity index (χ3v) is 8.50. The Morgan fingerprint density at radius 3 is 2.47 bits per heavy atom. The number of esters is 1. The van der Waals surface area contributed by atoms with Crippen LogP contribution in [0.1, 0.15) is 36.6 Å². The molecule has 2 heterocycles. The van der Waals surface area contributed by atoms with Gasteiger partial charge in [0, 0.05) is 27.4 Å². The number of hydrogen-bond acceptors (Lipinski definition) is 9. The second kappa shape index (κ2) is 14.2. The number of thiazole rings is 1. The zero-order chi connectivity index (χ0) is 32.1. The third-order valence-electron chi connectivity index (χ3n) is 6.91. The highest BCUT2D eigenvalue weighted by Crippen LogP contribution is 2.36. The Kier molecular flexibility index (Phi) is 10.2. The first-order valence-corrected chi connectivity index (χ1v) is 15.6. The lowest BCUT2D eigenvalue weighted by Crippen LogP contribution is -2.39. The molecule has 5 rings (SSSR count). The highest BCUT2D eigenvalue weighted by Gasteiger charge is 2.31. The molecule has 1 aromatic heterocycles. The SMILES string of the molecule is CCOc1ccc([C@H]2C(C(=O)OC)=CN=c3s/c(=C/c4cccc(OC)c4OCc4ccc(Cl)cc4Cl)c(=O)n32)cc1OCC. The minimum Gasteiger partial charge on any atom is -0.493 e. The average Bonchev–Trinajstić information content (AvgIpc) is 3.35. The van der Waals surface area contributed by atoms with E-state index in [1.165, 1.54) is 36.3 Å². The van der Waals surface area contributed by atoms with Crippen LogP contribution in [0, 0.1) is 0 Å². The summed E-state index contributed by atoms with van der Waals surface area (Å²) >= 11 is 13.6. The third kappa shape index (κ3) is 6.73. The summed E-state index contributed by atoms with van der Waals surface area (Å²) in [7, 11) is 2.83. The van der Waals surface area contributed by atoms with E-state index < -0.39 is 12.0 Å². The molecule has 0 aliphatic carbocycles. The molecule has 12 heteroatoms. The van der Waals surface area contributed by atoms with Gasteiger partial charge in [-0.2, -0.15) is 0 Å². The number of fused-ring (bicyclic) bond motifs is 1. The monoisotopic (exact) mass is 668 g/mol. The summed E-state index contributed by atoms with van der Waals surface area (Å²) in [6, 6.07) is 15.1. The number of para-hydroxylation sites is 1. The number of ether oxygens (including phenoxy) is 5. The van der Waals surface area contributed by atoms with Gasteiger partial charge in [-0.1, -0.05) is 58.8 Å². The molecule has 1 atom stereocenters. The van der Waals surface area contributed by atoms with Crippen molar-refractivity contribution in [3.63, 3.8) is 0 Å². The smallest absolute Gasteiger partial charge is 0.337 e. The minimum atomic E-state index is -0.821. The molecular weight excluding hydrogens is 639 g/mol. The van der Waals surface area contributed by atoms with Gasteiger partial charge in [-0.15, -0.1) is 0 Å². The molecule has 0 N–H and O–H groups in total. The number of hydrogen-bond donors (Lipinski definition) is 0. The number of nitrogens with zero attached hydrogens (tertiary/aromatic N) is 2. The Hall–Kier alpha value is -4.25. The van der Waals surface area contributed by atoms with Gasteiger partial charge in [0.2, 0.25) is 0 Å². The number of carbonyl (C=O) groups excluding carboxylic acids is 1. The number of carbonyl (C=O) groups is 1. The molecule has 234 valence electrons. The second-order valence-electron chi connectivity index (χ2n) is 9.65. The Bertz CT molecular complexity index is 1950. The quantitative estimate of drug-likeness (QED) is 0.189. The van der Waals surface area contributed by atoms with E-state index in [-0.39, 0.29) is 17.7 Å². The number of halogens is 2. The maximum absolute atomic E-state index is 14.1. The molecule has 0 saturated carbocycles. The lowest BCUT2D eigenvalue weighted by Gasteiger charge is -2.23. The van der Waals surface area contributed by atoms with Crippen LogP contribution >= 0.6 is 34.5 Å². The van der Waals surface area contributed by atoms with Gasteiger partial charge in [0.15, 0.2) is 27.8 Å². The molecule has 1 aliphatic heterocycles. The zero-order valence-corrected chi connectivity index (χ0v) is 27.3. The molecule has 9 nitrogen and oxygen atoms in total. The standard InChI is InChI=1S/C33H30Cl2N2O7S/c1-5-42-25-13-11-19(14-27(25)43-6-2)29-23(32(39)41-4)17-36-33-37(29)31(38)28(45-33)15-20-8-7-9-26(40-3)30(20)44-18-21-10-12-22(34)16-24(21)35/h7-17,29H,5-6,18H2,1-4H3/b28-15+/t29-/m0/s1. The van der Waals surface area contributed by atoms with Gasteiger partial charge < -0.3 is 23.7 Å². The molecule has 0 saturated heterocycles. The maximum atomic E-state index is 14.1. The van der Waals surface area contributed by atoms with Gasteiger partial charge in [0.25, 0.3) is 5.56 Å². The van der Waals surface area contributed by atoms with Crippen LogP contribution in [0.15, 0.2) is 76.2 Å². The summed E-state index contributed by atoms with van der Waals surface area (Å²) in [6.07, 6.45) is 3.16. The Labute approximate surface area is 273 Å². The van der Waals surface area contributed by atoms with Crippen molar-refractivity contribution in [1.82, 2.24) is 4.57 Å². The van der Waals surface area contributed by atoms with Crippen molar-refractivity contribution in [3.8, 4) is 23.0 Å². The van der Waals surface area contributed by atoms with Crippen LogP contribution in [0.25, 0.3) is 6.08 Å². The first-order valence-electron chi connectivity index (χ1n) is 14.0. The number of rotatable bonds is 11. The fraction of sp³-hybridized carbons (Fsp3) is 0.242. The molecular formula is C33H30Cl2N2O7S. The van der Waals surface area contributed by atoms with Crippen LogP contribution < -0.4 is 33.8 Å². The predicted molar refractivity (Wildman–Crippen MR) is 174 cm³/mol. The number of aromatic nitrogens is 1. The van der Waals surface area contributed by atoms with Gasteiger partial charge in [-0.3, -0.25) is 9.36 Å². The normalized spacial score (nSPS) is 14.2. The minimum absolute atomic E-state index is 0.140. The van der Waals surface area contributed by atoms with E-state index in [0.29, 0.717) is 66.7 Å². The first-order chi connectivity index (χ1) is 21.8. The van der Waals surface area contributed by atoms with Gasteiger partial charge in [0.05, 0.1) is 43.6 Å². The maximum Gasteiger partial charge on any atom is 0.337 e. The van der Waals surface area contributed by atoms with E-state index >= 15 is 0 Å². The van der Waals surface area contributed by atoms with Crippen LogP contribution in [0.5, 0.6) is 23.0 Å².